The van der Waals surface area contributed by atoms with Crippen LogP contribution in [-0.2, 0) is 4.74 Å². The molecule has 4 aromatic rings. The second kappa shape index (κ2) is 8.94. The van der Waals surface area contributed by atoms with Crippen molar-refractivity contribution >= 4 is 16.7 Å². The monoisotopic (exact) mass is 488 g/mol. The second-order valence-corrected chi connectivity index (χ2v) is 11.1. The van der Waals surface area contributed by atoms with E-state index in [-0.39, 0.29) is 12.1 Å². The fourth-order valence-corrected chi connectivity index (χ4v) is 6.09. The fourth-order valence-electron chi connectivity index (χ4n) is 6.09. The molecule has 3 N–H and O–H groups in total. The second-order valence-electron chi connectivity index (χ2n) is 11.1. The Kier molecular flexibility index (Phi) is 5.85. The van der Waals surface area contributed by atoms with Gasteiger partial charge in [-0.15, -0.1) is 0 Å². The number of ether oxygens (including phenoxy) is 1. The maximum absolute atomic E-state index is 9.76. The predicted molar refractivity (Wildman–Crippen MR) is 140 cm³/mol. The van der Waals surface area contributed by atoms with Gasteiger partial charge in [0.15, 0.2) is 5.65 Å². The van der Waals surface area contributed by atoms with Gasteiger partial charge in [0.25, 0.3) is 0 Å². The number of rotatable bonds is 6. The molecule has 2 aliphatic rings. The van der Waals surface area contributed by atoms with Crippen molar-refractivity contribution in [2.75, 3.05) is 19.8 Å². The SMILES string of the molecule is Cc1c(-c2[nH]c3ccc(C4CCC(NC5(CO)COC5)CC4)nc3c2C(C)C)cn2ncnc2c1C. The molecular weight excluding hydrogens is 452 g/mol. The van der Waals surface area contributed by atoms with Crippen LogP contribution in [0.2, 0.25) is 0 Å². The molecule has 1 saturated carbocycles. The van der Waals surface area contributed by atoms with Gasteiger partial charge >= 0.3 is 0 Å². The molecule has 8 nitrogen and oxygen atoms in total. The third-order valence-electron chi connectivity index (χ3n) is 8.39. The van der Waals surface area contributed by atoms with Crippen molar-refractivity contribution in [3.8, 4) is 11.3 Å². The average molecular weight is 489 g/mol. The largest absolute Gasteiger partial charge is 0.394 e. The van der Waals surface area contributed by atoms with Crippen LogP contribution in [0.25, 0.3) is 27.9 Å². The van der Waals surface area contributed by atoms with Crippen molar-refractivity contribution in [1.82, 2.24) is 29.9 Å². The molecule has 36 heavy (non-hydrogen) atoms. The maximum atomic E-state index is 9.76. The Morgan fingerprint density at radius 1 is 1.17 bits per heavy atom. The minimum atomic E-state index is -0.228. The van der Waals surface area contributed by atoms with Crippen LogP contribution in [0, 0.1) is 13.8 Å². The quantitative estimate of drug-likeness (QED) is 0.372. The summed E-state index contributed by atoms with van der Waals surface area (Å²) in [6, 6.07) is 4.85. The first-order valence-electron chi connectivity index (χ1n) is 13.2. The molecule has 0 spiro atoms. The van der Waals surface area contributed by atoms with Crippen molar-refractivity contribution < 1.29 is 9.84 Å². The number of aromatic nitrogens is 5. The molecule has 0 radical (unpaired) electrons. The highest BCUT2D eigenvalue weighted by Gasteiger charge is 2.40. The lowest BCUT2D eigenvalue weighted by atomic mass is 9.82. The summed E-state index contributed by atoms with van der Waals surface area (Å²) in [7, 11) is 0. The van der Waals surface area contributed by atoms with E-state index in [0.29, 0.717) is 31.1 Å². The fraction of sp³-hybridized carbons (Fsp3) is 0.536. The Labute approximate surface area is 211 Å². The Bertz CT molecular complexity index is 1400. The number of nitrogens with one attached hydrogen (secondary N) is 2. The number of hydrogen-bond donors (Lipinski definition) is 3. The van der Waals surface area contributed by atoms with Crippen LogP contribution < -0.4 is 5.32 Å². The van der Waals surface area contributed by atoms with Crippen molar-refractivity contribution in [2.24, 2.45) is 0 Å². The number of pyridine rings is 2. The highest BCUT2D eigenvalue weighted by molar-refractivity contribution is 5.89. The van der Waals surface area contributed by atoms with E-state index in [0.717, 1.165) is 59.2 Å². The number of aryl methyl sites for hydroxylation is 1. The lowest BCUT2D eigenvalue weighted by molar-refractivity contribution is -0.104. The zero-order valence-electron chi connectivity index (χ0n) is 21.6. The molecule has 5 heterocycles. The molecule has 0 bridgehead atoms. The smallest absolute Gasteiger partial charge is 0.158 e. The molecule has 0 atom stereocenters. The molecule has 0 unspecified atom stereocenters. The molecule has 1 aliphatic carbocycles. The molecule has 6 rings (SSSR count). The molecule has 1 aliphatic heterocycles. The number of fused-ring (bicyclic) bond motifs is 2. The number of hydrogen-bond acceptors (Lipinski definition) is 6. The number of H-pyrrole nitrogens is 1. The van der Waals surface area contributed by atoms with E-state index in [2.05, 4.69) is 66.4 Å². The normalized spacial score (nSPS) is 21.9. The van der Waals surface area contributed by atoms with Gasteiger partial charge in [-0.1, -0.05) is 13.8 Å². The van der Waals surface area contributed by atoms with Gasteiger partial charge in [0, 0.05) is 35.0 Å². The summed E-state index contributed by atoms with van der Waals surface area (Å²) in [5.74, 6) is 0.783. The molecule has 0 amide bonds. The number of aromatic amines is 1. The van der Waals surface area contributed by atoms with Crippen LogP contribution in [0.3, 0.4) is 0 Å². The lowest BCUT2D eigenvalue weighted by Gasteiger charge is -2.44. The molecule has 2 fully saturated rings. The van der Waals surface area contributed by atoms with E-state index < -0.39 is 0 Å². The van der Waals surface area contributed by atoms with Crippen molar-refractivity contribution in [3.63, 3.8) is 0 Å². The van der Waals surface area contributed by atoms with Crippen molar-refractivity contribution in [2.45, 2.75) is 76.8 Å². The van der Waals surface area contributed by atoms with E-state index in [1.807, 2.05) is 4.52 Å². The summed E-state index contributed by atoms with van der Waals surface area (Å²) in [6.07, 6.45) is 8.10. The zero-order chi connectivity index (χ0) is 25.0. The summed E-state index contributed by atoms with van der Waals surface area (Å²) in [5.41, 5.74) is 9.94. The van der Waals surface area contributed by atoms with Crippen LogP contribution >= 0.6 is 0 Å². The molecule has 8 heteroatoms. The third-order valence-corrected chi connectivity index (χ3v) is 8.39. The van der Waals surface area contributed by atoms with Gasteiger partial charge in [0.1, 0.15) is 6.33 Å². The van der Waals surface area contributed by atoms with E-state index in [9.17, 15) is 5.11 Å². The summed E-state index contributed by atoms with van der Waals surface area (Å²) < 4.78 is 7.22. The molecule has 190 valence electrons. The molecule has 4 aromatic heterocycles. The van der Waals surface area contributed by atoms with Gasteiger partial charge in [-0.25, -0.2) is 9.50 Å². The summed E-state index contributed by atoms with van der Waals surface area (Å²) in [4.78, 5) is 13.4. The Hall–Kier alpha value is -2.81. The van der Waals surface area contributed by atoms with E-state index in [1.54, 1.807) is 6.33 Å². The van der Waals surface area contributed by atoms with Gasteiger partial charge < -0.3 is 20.1 Å². The van der Waals surface area contributed by atoms with Crippen LogP contribution in [0.1, 0.15) is 73.8 Å². The van der Waals surface area contributed by atoms with Gasteiger partial charge in [-0.3, -0.25) is 4.98 Å². The van der Waals surface area contributed by atoms with E-state index in [1.165, 1.54) is 16.8 Å². The maximum Gasteiger partial charge on any atom is 0.158 e. The van der Waals surface area contributed by atoms with Crippen LogP contribution in [0.5, 0.6) is 0 Å². The summed E-state index contributed by atoms with van der Waals surface area (Å²) in [5, 5.41) is 17.8. The molecule has 1 saturated heterocycles. The van der Waals surface area contributed by atoms with Gasteiger partial charge in [0.2, 0.25) is 0 Å². The molecule has 0 aromatic carbocycles. The minimum Gasteiger partial charge on any atom is -0.394 e. The van der Waals surface area contributed by atoms with E-state index in [4.69, 9.17) is 9.72 Å². The minimum absolute atomic E-state index is 0.141. The number of aliphatic hydroxyl groups is 1. The van der Waals surface area contributed by atoms with Crippen LogP contribution in [-0.4, -0.2) is 61.1 Å². The Morgan fingerprint density at radius 3 is 2.61 bits per heavy atom. The Morgan fingerprint density at radius 2 is 1.94 bits per heavy atom. The highest BCUT2D eigenvalue weighted by atomic mass is 16.5. The lowest BCUT2D eigenvalue weighted by Crippen LogP contribution is -2.65. The first kappa shape index (κ1) is 23.6. The highest BCUT2D eigenvalue weighted by Crippen LogP contribution is 2.39. The third kappa shape index (κ3) is 3.83. The molecular formula is C28H36N6O2. The topological polar surface area (TPSA) is 100 Å². The van der Waals surface area contributed by atoms with Gasteiger partial charge in [-0.05, 0) is 68.7 Å². The summed E-state index contributed by atoms with van der Waals surface area (Å²) in [6.45, 7) is 10.1. The van der Waals surface area contributed by atoms with Crippen LogP contribution in [0.4, 0.5) is 0 Å². The van der Waals surface area contributed by atoms with Crippen molar-refractivity contribution in [1.29, 1.82) is 0 Å². The first-order chi connectivity index (χ1) is 17.4. The van der Waals surface area contributed by atoms with E-state index >= 15 is 0 Å². The zero-order valence-corrected chi connectivity index (χ0v) is 21.6. The average Bonchev–Trinajstić information content (AvgIpc) is 3.48. The van der Waals surface area contributed by atoms with Crippen molar-refractivity contribution in [3.05, 3.63) is 47.0 Å². The van der Waals surface area contributed by atoms with Gasteiger partial charge in [-0.2, -0.15) is 5.10 Å². The number of nitrogens with zero attached hydrogens (tertiary/aromatic N) is 4. The predicted octanol–water partition coefficient (Wildman–Crippen LogP) is 4.39. The standard InChI is InChI=1S/C28H36N6O2/c1-16(2)24-25(21-11-34-27(29-15-30-34)18(4)17(21)3)32-23-10-9-22(31-26(23)24)19-5-7-20(8-6-19)33-28(12-35)13-36-14-28/h9-11,15-16,19-20,32-33,35H,5-8,12-14H2,1-4H3. The van der Waals surface area contributed by atoms with Crippen LogP contribution in [0.15, 0.2) is 24.7 Å². The van der Waals surface area contributed by atoms with Gasteiger partial charge in [0.05, 0.1) is 42.1 Å². The Balaban J connectivity index is 1.31. The summed E-state index contributed by atoms with van der Waals surface area (Å²) >= 11 is 0. The first-order valence-corrected chi connectivity index (χ1v) is 13.2. The number of aliphatic hydroxyl groups excluding tert-OH is 1.